The van der Waals surface area contributed by atoms with E-state index in [4.69, 9.17) is 5.26 Å². The van der Waals surface area contributed by atoms with E-state index in [0.29, 0.717) is 36.3 Å². The number of sulfone groups is 1. The molecule has 0 saturated heterocycles. The van der Waals surface area contributed by atoms with Crippen LogP contribution in [0.5, 0.6) is 0 Å². The van der Waals surface area contributed by atoms with Gasteiger partial charge in [0, 0.05) is 26.2 Å². The SMILES string of the molecule is CC(C)([C@H](O)CO)S(=O)(=O)C1(CN2CCn3c(C(=O)NCc4ccc(C#N)cc4)ccc3C2=O)CC1. The van der Waals surface area contributed by atoms with Gasteiger partial charge < -0.3 is 25.0 Å². The van der Waals surface area contributed by atoms with Gasteiger partial charge in [-0.25, -0.2) is 8.42 Å². The highest BCUT2D eigenvalue weighted by molar-refractivity contribution is 7.94. The second kappa shape index (κ2) is 9.35. The summed E-state index contributed by atoms with van der Waals surface area (Å²) in [7, 11) is -3.88. The molecule has 2 amide bonds. The van der Waals surface area contributed by atoms with E-state index >= 15 is 0 Å². The lowest BCUT2D eigenvalue weighted by atomic mass is 10.1. The number of hydrogen-bond donors (Lipinski definition) is 3. The van der Waals surface area contributed by atoms with Crippen molar-refractivity contribution in [2.45, 2.75) is 55.4 Å². The van der Waals surface area contributed by atoms with E-state index < -0.39 is 32.0 Å². The molecule has 1 aliphatic heterocycles. The summed E-state index contributed by atoms with van der Waals surface area (Å²) in [5.74, 6) is -0.692. The van der Waals surface area contributed by atoms with Gasteiger partial charge in [-0.3, -0.25) is 9.59 Å². The van der Waals surface area contributed by atoms with Gasteiger partial charge in [-0.15, -0.1) is 0 Å². The Labute approximate surface area is 210 Å². The fourth-order valence-electron chi connectivity index (χ4n) is 4.65. The molecule has 0 bridgehead atoms. The molecular formula is C25H30N4O6S. The molecule has 1 fully saturated rings. The summed E-state index contributed by atoms with van der Waals surface area (Å²) in [5, 5.41) is 31.2. The van der Waals surface area contributed by atoms with Gasteiger partial charge in [0.1, 0.15) is 11.4 Å². The minimum atomic E-state index is -3.88. The lowest BCUT2D eigenvalue weighted by Crippen LogP contribution is -2.55. The molecule has 1 atom stereocenters. The van der Waals surface area contributed by atoms with Crippen LogP contribution >= 0.6 is 0 Å². The normalized spacial score (nSPS) is 17.8. The van der Waals surface area contributed by atoms with Gasteiger partial charge in [0.05, 0.1) is 33.8 Å². The van der Waals surface area contributed by atoms with Crippen LogP contribution in [0.1, 0.15) is 58.8 Å². The van der Waals surface area contributed by atoms with Gasteiger partial charge in [-0.05, 0) is 56.5 Å². The number of carbonyl (C=O) groups is 2. The molecule has 2 heterocycles. The molecule has 2 aromatic rings. The zero-order chi connectivity index (χ0) is 26.3. The second-order valence-corrected chi connectivity index (χ2v) is 12.9. The Kier molecular flexibility index (Phi) is 6.72. The Balaban J connectivity index is 1.46. The van der Waals surface area contributed by atoms with E-state index in [2.05, 4.69) is 5.32 Å². The number of fused-ring (bicyclic) bond motifs is 1. The van der Waals surface area contributed by atoms with E-state index in [1.54, 1.807) is 41.0 Å². The fraction of sp³-hybridized carbons (Fsp3) is 0.480. The van der Waals surface area contributed by atoms with Crippen molar-refractivity contribution in [3.8, 4) is 6.07 Å². The van der Waals surface area contributed by atoms with Gasteiger partial charge in [-0.2, -0.15) is 5.26 Å². The first-order valence-electron chi connectivity index (χ1n) is 11.8. The molecule has 0 spiro atoms. The van der Waals surface area contributed by atoms with Crippen molar-refractivity contribution in [3.05, 3.63) is 58.9 Å². The molecule has 1 aromatic carbocycles. The summed E-state index contributed by atoms with van der Waals surface area (Å²) in [4.78, 5) is 27.5. The van der Waals surface area contributed by atoms with Crippen molar-refractivity contribution in [2.75, 3.05) is 19.7 Å². The lowest BCUT2D eigenvalue weighted by Gasteiger charge is -2.37. The van der Waals surface area contributed by atoms with Crippen LogP contribution in [0, 0.1) is 11.3 Å². The average Bonchev–Trinajstić information content (AvgIpc) is 3.54. The van der Waals surface area contributed by atoms with Crippen molar-refractivity contribution < 1.29 is 28.2 Å². The maximum atomic E-state index is 13.4. The molecule has 11 heteroatoms. The molecule has 10 nitrogen and oxygen atoms in total. The minimum Gasteiger partial charge on any atom is -0.394 e. The van der Waals surface area contributed by atoms with Crippen LogP contribution in [0.4, 0.5) is 0 Å². The molecule has 192 valence electrons. The lowest BCUT2D eigenvalue weighted by molar-refractivity contribution is 0.0665. The molecule has 1 aromatic heterocycles. The number of nitrogens with one attached hydrogen (secondary N) is 1. The Bertz CT molecular complexity index is 1320. The summed E-state index contributed by atoms with van der Waals surface area (Å²) >= 11 is 0. The topological polar surface area (TPSA) is 153 Å². The number of benzene rings is 1. The zero-order valence-corrected chi connectivity index (χ0v) is 21.1. The smallest absolute Gasteiger partial charge is 0.270 e. The van der Waals surface area contributed by atoms with E-state index in [1.807, 2.05) is 6.07 Å². The maximum absolute atomic E-state index is 13.4. The summed E-state index contributed by atoms with van der Waals surface area (Å²) in [6, 6.07) is 12.1. The molecule has 1 saturated carbocycles. The van der Waals surface area contributed by atoms with Gasteiger partial charge >= 0.3 is 0 Å². The first-order valence-corrected chi connectivity index (χ1v) is 13.2. The quantitative estimate of drug-likeness (QED) is 0.448. The predicted octanol–water partition coefficient (Wildman–Crippen LogP) is 0.825. The summed E-state index contributed by atoms with van der Waals surface area (Å²) < 4.78 is 25.7. The van der Waals surface area contributed by atoms with Crippen molar-refractivity contribution >= 4 is 21.7 Å². The third-order valence-electron chi connectivity index (χ3n) is 7.37. The number of nitrogens with zero attached hydrogens (tertiary/aromatic N) is 3. The van der Waals surface area contributed by atoms with E-state index in [-0.39, 0.29) is 31.4 Å². The Hall–Kier alpha value is -3.20. The molecule has 36 heavy (non-hydrogen) atoms. The van der Waals surface area contributed by atoms with Crippen LogP contribution in [0.15, 0.2) is 36.4 Å². The number of aromatic nitrogens is 1. The first kappa shape index (κ1) is 25.9. The van der Waals surface area contributed by atoms with Crippen LogP contribution in [-0.2, 0) is 22.9 Å². The number of carbonyl (C=O) groups excluding carboxylic acids is 2. The number of aliphatic hydroxyl groups excluding tert-OH is 2. The van der Waals surface area contributed by atoms with E-state index in [0.717, 1.165) is 5.56 Å². The molecule has 0 radical (unpaired) electrons. The van der Waals surface area contributed by atoms with Gasteiger partial charge in [-0.1, -0.05) is 12.1 Å². The molecule has 1 aliphatic carbocycles. The number of rotatable bonds is 9. The molecular weight excluding hydrogens is 484 g/mol. The average molecular weight is 515 g/mol. The summed E-state index contributed by atoms with van der Waals surface area (Å²) in [6.45, 7) is 2.98. The highest BCUT2D eigenvalue weighted by Gasteiger charge is 2.62. The van der Waals surface area contributed by atoms with Crippen molar-refractivity contribution in [1.29, 1.82) is 5.26 Å². The fourth-order valence-corrected chi connectivity index (χ4v) is 7.17. The zero-order valence-electron chi connectivity index (χ0n) is 20.3. The molecule has 4 rings (SSSR count). The predicted molar refractivity (Wildman–Crippen MR) is 131 cm³/mol. The number of amides is 2. The highest BCUT2D eigenvalue weighted by atomic mass is 32.2. The Morgan fingerprint density at radius 1 is 1.19 bits per heavy atom. The van der Waals surface area contributed by atoms with Crippen molar-refractivity contribution in [2.24, 2.45) is 0 Å². The number of hydrogen-bond acceptors (Lipinski definition) is 7. The second-order valence-electron chi connectivity index (χ2n) is 9.96. The van der Waals surface area contributed by atoms with E-state index in [1.165, 1.54) is 18.7 Å². The molecule has 0 unspecified atom stereocenters. The monoisotopic (exact) mass is 514 g/mol. The Morgan fingerprint density at radius 2 is 1.86 bits per heavy atom. The Morgan fingerprint density at radius 3 is 2.44 bits per heavy atom. The standard InChI is InChI=1S/C25H30N4O6S/c1-24(2,21(31)15-30)36(34,35)25(9-10-25)16-28-11-12-29-19(7-8-20(29)23(28)33)22(32)27-14-18-5-3-17(13-26)4-6-18/h3-8,21,30-31H,9-12,14-16H2,1-2H3,(H,27,32)/t21-/m1/s1. The molecule has 3 N–H and O–H groups in total. The highest BCUT2D eigenvalue weighted by Crippen LogP contribution is 2.49. The summed E-state index contributed by atoms with van der Waals surface area (Å²) in [5.41, 5.74) is 2.02. The third-order valence-corrected chi connectivity index (χ3v) is 10.7. The maximum Gasteiger partial charge on any atom is 0.270 e. The minimum absolute atomic E-state index is 0.00114. The van der Waals surface area contributed by atoms with E-state index in [9.17, 15) is 28.2 Å². The largest absolute Gasteiger partial charge is 0.394 e. The first-order chi connectivity index (χ1) is 17.0. The van der Waals surface area contributed by atoms with Crippen molar-refractivity contribution in [1.82, 2.24) is 14.8 Å². The third kappa shape index (κ3) is 4.30. The van der Waals surface area contributed by atoms with Crippen LogP contribution in [0.25, 0.3) is 0 Å². The van der Waals surface area contributed by atoms with Crippen molar-refractivity contribution in [3.63, 3.8) is 0 Å². The van der Waals surface area contributed by atoms with Crippen LogP contribution in [0.2, 0.25) is 0 Å². The van der Waals surface area contributed by atoms with Crippen LogP contribution in [-0.4, -0.2) is 75.2 Å². The van der Waals surface area contributed by atoms with Crippen LogP contribution in [0.3, 0.4) is 0 Å². The van der Waals surface area contributed by atoms with Gasteiger partial charge in [0.15, 0.2) is 9.84 Å². The summed E-state index contributed by atoms with van der Waals surface area (Å²) in [6.07, 6.45) is -0.672. The van der Waals surface area contributed by atoms with Gasteiger partial charge in [0.25, 0.3) is 11.8 Å². The number of aliphatic hydroxyl groups is 2. The number of nitriles is 1. The molecule has 2 aliphatic rings. The van der Waals surface area contributed by atoms with Gasteiger partial charge in [0.2, 0.25) is 0 Å². The van der Waals surface area contributed by atoms with Crippen LogP contribution < -0.4 is 5.32 Å².